The number of nitro benzene ring substituents is 1. The first kappa shape index (κ1) is 14.2. The van der Waals surface area contributed by atoms with Gasteiger partial charge in [0.1, 0.15) is 5.75 Å². The van der Waals surface area contributed by atoms with Crippen molar-refractivity contribution >= 4 is 38.6 Å². The first-order valence-corrected chi connectivity index (χ1v) is 7.20. The number of fused-ring (bicyclic) bond motifs is 1. The normalized spacial score (nSPS) is 11.1. The molecule has 0 saturated carbocycles. The Kier molecular flexibility index (Phi) is 3.80. The van der Waals surface area contributed by atoms with Gasteiger partial charge in [0, 0.05) is 18.3 Å². The van der Waals surface area contributed by atoms with Gasteiger partial charge < -0.3 is 4.74 Å². The van der Waals surface area contributed by atoms with E-state index >= 15 is 0 Å². The molecule has 0 aliphatic rings. The number of aliphatic imine (C=N–C) groups is 1. The Hall–Kier alpha value is -2.80. The zero-order valence-electron chi connectivity index (χ0n) is 11.6. The monoisotopic (exact) mass is 313 g/mol. The van der Waals surface area contributed by atoms with Crippen LogP contribution < -0.4 is 4.74 Å². The van der Waals surface area contributed by atoms with Crippen LogP contribution in [0.25, 0.3) is 10.2 Å². The number of ether oxygens (including phenoxy) is 1. The summed E-state index contributed by atoms with van der Waals surface area (Å²) in [6.45, 7) is 0. The van der Waals surface area contributed by atoms with E-state index in [9.17, 15) is 10.1 Å². The number of nitrogens with zero attached hydrogens (tertiary/aromatic N) is 3. The Morgan fingerprint density at radius 3 is 2.95 bits per heavy atom. The summed E-state index contributed by atoms with van der Waals surface area (Å²) in [6, 6.07) is 11.9. The van der Waals surface area contributed by atoms with Gasteiger partial charge in [-0.1, -0.05) is 23.5 Å². The smallest absolute Gasteiger partial charge is 0.270 e. The van der Waals surface area contributed by atoms with Crippen molar-refractivity contribution in [1.82, 2.24) is 4.98 Å². The molecular formula is C15H11N3O3S. The van der Waals surface area contributed by atoms with Crippen LogP contribution in [0.2, 0.25) is 0 Å². The van der Waals surface area contributed by atoms with Gasteiger partial charge in [-0.05, 0) is 23.8 Å². The molecule has 0 fully saturated rings. The molecule has 0 spiro atoms. The fraction of sp³-hybridized carbons (Fsp3) is 0.0667. The zero-order valence-corrected chi connectivity index (χ0v) is 12.4. The van der Waals surface area contributed by atoms with Gasteiger partial charge in [-0.2, -0.15) is 0 Å². The number of non-ortho nitro benzene ring substituents is 1. The lowest BCUT2D eigenvalue weighted by atomic mass is 10.2. The first-order chi connectivity index (χ1) is 10.7. The van der Waals surface area contributed by atoms with Crippen LogP contribution in [0.4, 0.5) is 10.8 Å². The minimum absolute atomic E-state index is 0.0398. The van der Waals surface area contributed by atoms with E-state index in [0.29, 0.717) is 10.7 Å². The molecule has 22 heavy (non-hydrogen) atoms. The average molecular weight is 313 g/mol. The summed E-state index contributed by atoms with van der Waals surface area (Å²) in [5.41, 5.74) is 1.54. The Labute approximate surface area is 129 Å². The summed E-state index contributed by atoms with van der Waals surface area (Å²) in [7, 11) is 1.61. The van der Waals surface area contributed by atoms with E-state index in [4.69, 9.17) is 4.74 Å². The SMILES string of the molecule is COc1ccc2nc(/N=C/c3cccc([N+](=O)[O-])c3)sc2c1. The number of benzene rings is 2. The van der Waals surface area contributed by atoms with Crippen LogP contribution in [-0.4, -0.2) is 23.2 Å². The molecule has 0 amide bonds. The lowest BCUT2D eigenvalue weighted by Crippen LogP contribution is -1.89. The van der Waals surface area contributed by atoms with Crippen molar-refractivity contribution in [2.75, 3.05) is 7.11 Å². The van der Waals surface area contributed by atoms with Crippen LogP contribution >= 0.6 is 11.3 Å². The van der Waals surface area contributed by atoms with Crippen molar-refractivity contribution in [3.05, 3.63) is 58.1 Å². The highest BCUT2D eigenvalue weighted by Crippen LogP contribution is 2.30. The van der Waals surface area contributed by atoms with Gasteiger partial charge in [-0.15, -0.1) is 0 Å². The van der Waals surface area contributed by atoms with Gasteiger partial charge >= 0.3 is 0 Å². The first-order valence-electron chi connectivity index (χ1n) is 6.39. The molecule has 0 saturated heterocycles. The molecule has 0 radical (unpaired) electrons. The van der Waals surface area contributed by atoms with E-state index in [2.05, 4.69) is 9.98 Å². The third-order valence-corrected chi connectivity index (χ3v) is 3.92. The zero-order chi connectivity index (χ0) is 15.5. The Balaban J connectivity index is 1.89. The van der Waals surface area contributed by atoms with Crippen molar-refractivity contribution in [3.8, 4) is 5.75 Å². The number of nitro groups is 1. The van der Waals surface area contributed by atoms with Gasteiger partial charge in [0.2, 0.25) is 5.13 Å². The van der Waals surface area contributed by atoms with Crippen molar-refractivity contribution in [2.24, 2.45) is 4.99 Å². The lowest BCUT2D eigenvalue weighted by Gasteiger charge is -1.96. The second-order valence-corrected chi connectivity index (χ2v) is 5.45. The molecule has 110 valence electrons. The van der Waals surface area contributed by atoms with Crippen LogP contribution in [0.1, 0.15) is 5.56 Å². The van der Waals surface area contributed by atoms with Gasteiger partial charge in [-0.25, -0.2) is 9.98 Å². The number of hydrogen-bond donors (Lipinski definition) is 0. The van der Waals surface area contributed by atoms with E-state index < -0.39 is 4.92 Å². The fourth-order valence-corrected chi connectivity index (χ4v) is 2.76. The van der Waals surface area contributed by atoms with Crippen LogP contribution in [0, 0.1) is 10.1 Å². The van der Waals surface area contributed by atoms with E-state index in [1.165, 1.54) is 23.5 Å². The van der Waals surface area contributed by atoms with Gasteiger partial charge in [0.15, 0.2) is 0 Å². The summed E-state index contributed by atoms with van der Waals surface area (Å²) < 4.78 is 6.15. The third kappa shape index (κ3) is 2.94. The molecule has 3 rings (SSSR count). The highest BCUT2D eigenvalue weighted by Gasteiger charge is 2.06. The van der Waals surface area contributed by atoms with E-state index in [1.54, 1.807) is 25.5 Å². The Bertz CT molecular complexity index is 873. The second-order valence-electron chi connectivity index (χ2n) is 4.44. The molecule has 0 aliphatic carbocycles. The number of rotatable bonds is 4. The number of hydrogen-bond acceptors (Lipinski definition) is 6. The standard InChI is InChI=1S/C15H11N3O3S/c1-21-12-5-6-13-14(8-12)22-15(17-13)16-9-10-3-2-4-11(7-10)18(19)20/h2-9H,1H3/b16-9+. The van der Waals surface area contributed by atoms with Crippen molar-refractivity contribution in [2.45, 2.75) is 0 Å². The van der Waals surface area contributed by atoms with Crippen LogP contribution in [-0.2, 0) is 0 Å². The van der Waals surface area contributed by atoms with Crippen molar-refractivity contribution in [3.63, 3.8) is 0 Å². The van der Waals surface area contributed by atoms with E-state index in [0.717, 1.165) is 16.0 Å². The van der Waals surface area contributed by atoms with Crippen molar-refractivity contribution in [1.29, 1.82) is 0 Å². The van der Waals surface area contributed by atoms with Crippen LogP contribution in [0.3, 0.4) is 0 Å². The Morgan fingerprint density at radius 2 is 2.18 bits per heavy atom. The van der Waals surface area contributed by atoms with Crippen LogP contribution in [0.15, 0.2) is 47.5 Å². The predicted octanol–water partition coefficient (Wildman–Crippen LogP) is 3.96. The molecule has 0 N–H and O–H groups in total. The maximum Gasteiger partial charge on any atom is 0.270 e. The minimum atomic E-state index is -0.429. The largest absolute Gasteiger partial charge is 0.497 e. The van der Waals surface area contributed by atoms with Gasteiger partial charge in [0.25, 0.3) is 5.69 Å². The molecule has 0 bridgehead atoms. The fourth-order valence-electron chi connectivity index (χ4n) is 1.92. The highest BCUT2D eigenvalue weighted by atomic mass is 32.1. The summed E-state index contributed by atoms with van der Waals surface area (Å²) in [4.78, 5) is 19.0. The highest BCUT2D eigenvalue weighted by molar-refractivity contribution is 7.22. The number of thiazole rings is 1. The van der Waals surface area contributed by atoms with Gasteiger partial charge in [-0.3, -0.25) is 10.1 Å². The maximum atomic E-state index is 10.7. The number of aromatic nitrogens is 1. The predicted molar refractivity (Wildman–Crippen MR) is 86.5 cm³/mol. The molecule has 6 nitrogen and oxygen atoms in total. The molecule has 3 aromatic rings. The molecule has 0 unspecified atom stereocenters. The summed E-state index contributed by atoms with van der Waals surface area (Å²) in [5, 5.41) is 11.3. The molecule has 2 aromatic carbocycles. The topological polar surface area (TPSA) is 77.6 Å². The summed E-state index contributed by atoms with van der Waals surface area (Å²) in [6.07, 6.45) is 1.57. The average Bonchev–Trinajstić information content (AvgIpc) is 2.95. The van der Waals surface area contributed by atoms with Gasteiger partial charge in [0.05, 0.1) is 22.2 Å². The quantitative estimate of drug-likeness (QED) is 0.415. The lowest BCUT2D eigenvalue weighted by molar-refractivity contribution is -0.384. The van der Waals surface area contributed by atoms with E-state index in [-0.39, 0.29) is 5.69 Å². The Morgan fingerprint density at radius 1 is 1.32 bits per heavy atom. The third-order valence-electron chi connectivity index (χ3n) is 2.99. The van der Waals surface area contributed by atoms with Crippen molar-refractivity contribution < 1.29 is 9.66 Å². The summed E-state index contributed by atoms with van der Waals surface area (Å²) in [5.74, 6) is 0.769. The number of methoxy groups -OCH3 is 1. The summed E-state index contributed by atoms with van der Waals surface area (Å²) >= 11 is 1.43. The van der Waals surface area contributed by atoms with Crippen LogP contribution in [0.5, 0.6) is 5.75 Å². The molecule has 1 heterocycles. The van der Waals surface area contributed by atoms with E-state index in [1.807, 2.05) is 18.2 Å². The molecule has 0 atom stereocenters. The maximum absolute atomic E-state index is 10.7. The molecule has 7 heteroatoms. The molecule has 1 aromatic heterocycles. The molecule has 0 aliphatic heterocycles. The minimum Gasteiger partial charge on any atom is -0.497 e. The molecular weight excluding hydrogens is 302 g/mol. The second kappa shape index (κ2) is 5.90.